The van der Waals surface area contributed by atoms with E-state index in [-0.39, 0.29) is 0 Å². The molecular formula is C19H24BrN2O2+. The maximum absolute atomic E-state index is 10.2. The summed E-state index contributed by atoms with van der Waals surface area (Å²) in [5.74, 6) is 0.793. The summed E-state index contributed by atoms with van der Waals surface area (Å²) in [5, 5.41) is 10.2. The molecule has 1 aliphatic rings. The molecule has 0 aromatic heterocycles. The Morgan fingerprint density at radius 3 is 2.38 bits per heavy atom. The topological polar surface area (TPSA) is 37.1 Å². The molecule has 2 N–H and O–H groups in total. The van der Waals surface area contributed by atoms with Gasteiger partial charge in [-0.2, -0.15) is 0 Å². The Morgan fingerprint density at radius 2 is 1.71 bits per heavy atom. The van der Waals surface area contributed by atoms with E-state index in [0.717, 1.165) is 42.9 Å². The Bertz CT molecular complexity index is 613. The van der Waals surface area contributed by atoms with E-state index >= 15 is 0 Å². The monoisotopic (exact) mass is 391 g/mol. The minimum Gasteiger partial charge on any atom is -0.491 e. The van der Waals surface area contributed by atoms with Gasteiger partial charge in [0.05, 0.1) is 26.2 Å². The quantitative estimate of drug-likeness (QED) is 0.784. The lowest BCUT2D eigenvalue weighted by Gasteiger charge is -2.34. The molecule has 0 bridgehead atoms. The second kappa shape index (κ2) is 8.51. The van der Waals surface area contributed by atoms with Gasteiger partial charge in [0.1, 0.15) is 25.0 Å². The first kappa shape index (κ1) is 17.3. The number of hydrogen-bond acceptors (Lipinski definition) is 3. The largest absolute Gasteiger partial charge is 0.491 e. The third-order valence-electron chi connectivity index (χ3n) is 4.37. The predicted octanol–water partition coefficient (Wildman–Crippen LogP) is 1.59. The van der Waals surface area contributed by atoms with Gasteiger partial charge >= 0.3 is 0 Å². The van der Waals surface area contributed by atoms with Crippen LogP contribution in [0.1, 0.15) is 0 Å². The van der Waals surface area contributed by atoms with Crippen LogP contribution in [0.5, 0.6) is 5.75 Å². The molecule has 128 valence electrons. The molecule has 2 aromatic carbocycles. The number of benzene rings is 2. The maximum atomic E-state index is 10.2. The summed E-state index contributed by atoms with van der Waals surface area (Å²) in [7, 11) is 0. The molecule has 24 heavy (non-hydrogen) atoms. The normalized spacial score (nSPS) is 16.8. The molecule has 2 aromatic rings. The zero-order valence-electron chi connectivity index (χ0n) is 13.7. The van der Waals surface area contributed by atoms with Crippen LogP contribution in [0.4, 0.5) is 5.69 Å². The van der Waals surface area contributed by atoms with Gasteiger partial charge in [-0.05, 0) is 36.4 Å². The van der Waals surface area contributed by atoms with Gasteiger partial charge in [0.2, 0.25) is 0 Å². The van der Waals surface area contributed by atoms with Crippen molar-refractivity contribution in [3.8, 4) is 5.75 Å². The number of para-hydroxylation sites is 1. The van der Waals surface area contributed by atoms with Gasteiger partial charge in [-0.15, -0.1) is 0 Å². The van der Waals surface area contributed by atoms with Gasteiger partial charge in [0.25, 0.3) is 0 Å². The SMILES string of the molecule is OC(COc1ccc(Br)cc1)C[NH+]1CCN(c2ccccc2)CC1. The number of halogens is 1. The number of hydrogen-bond donors (Lipinski definition) is 2. The average Bonchev–Trinajstić information content (AvgIpc) is 2.63. The zero-order chi connectivity index (χ0) is 16.8. The molecule has 0 amide bonds. The lowest BCUT2D eigenvalue weighted by atomic mass is 10.2. The summed E-state index contributed by atoms with van der Waals surface area (Å²) in [6, 6.07) is 18.2. The molecule has 4 nitrogen and oxygen atoms in total. The number of quaternary nitrogens is 1. The van der Waals surface area contributed by atoms with Crippen molar-refractivity contribution in [2.45, 2.75) is 6.10 Å². The van der Waals surface area contributed by atoms with E-state index < -0.39 is 6.10 Å². The molecule has 1 heterocycles. The summed E-state index contributed by atoms with van der Waals surface area (Å²) in [6.07, 6.45) is -0.438. The highest BCUT2D eigenvalue weighted by atomic mass is 79.9. The molecule has 1 saturated heterocycles. The number of aliphatic hydroxyl groups is 1. The lowest BCUT2D eigenvalue weighted by Crippen LogP contribution is -3.16. The van der Waals surface area contributed by atoms with Crippen LogP contribution < -0.4 is 14.5 Å². The summed E-state index contributed by atoms with van der Waals surface area (Å²) in [5.41, 5.74) is 1.29. The highest BCUT2D eigenvalue weighted by Crippen LogP contribution is 2.16. The van der Waals surface area contributed by atoms with Crippen LogP contribution in [0, 0.1) is 0 Å². The number of anilines is 1. The molecule has 3 rings (SSSR count). The molecule has 0 spiro atoms. The summed E-state index contributed by atoms with van der Waals surface area (Å²) in [4.78, 5) is 3.85. The smallest absolute Gasteiger partial charge is 0.137 e. The highest BCUT2D eigenvalue weighted by Gasteiger charge is 2.22. The number of nitrogens with one attached hydrogen (secondary N) is 1. The van der Waals surface area contributed by atoms with E-state index in [0.29, 0.717) is 6.61 Å². The van der Waals surface area contributed by atoms with E-state index in [9.17, 15) is 5.11 Å². The van der Waals surface area contributed by atoms with Crippen molar-refractivity contribution >= 4 is 21.6 Å². The Hall–Kier alpha value is -1.56. The molecule has 5 heteroatoms. The van der Waals surface area contributed by atoms with Crippen molar-refractivity contribution < 1.29 is 14.7 Å². The van der Waals surface area contributed by atoms with Gasteiger partial charge in [0, 0.05) is 10.2 Å². The van der Waals surface area contributed by atoms with Crippen molar-refractivity contribution in [2.75, 3.05) is 44.2 Å². The Kier molecular flexibility index (Phi) is 6.12. The fraction of sp³-hybridized carbons (Fsp3) is 0.368. The predicted molar refractivity (Wildman–Crippen MR) is 99.9 cm³/mol. The van der Waals surface area contributed by atoms with Crippen molar-refractivity contribution in [3.05, 3.63) is 59.1 Å². The third-order valence-corrected chi connectivity index (χ3v) is 4.90. The Labute approximate surface area is 151 Å². The minimum absolute atomic E-state index is 0.341. The maximum Gasteiger partial charge on any atom is 0.137 e. The number of aliphatic hydroxyl groups excluding tert-OH is 1. The summed E-state index contributed by atoms with van der Waals surface area (Å²) >= 11 is 3.40. The van der Waals surface area contributed by atoms with Gasteiger partial charge < -0.3 is 19.6 Å². The average molecular weight is 392 g/mol. The van der Waals surface area contributed by atoms with E-state index in [1.807, 2.05) is 30.3 Å². The number of nitrogens with zero attached hydrogens (tertiary/aromatic N) is 1. The van der Waals surface area contributed by atoms with Crippen LogP contribution in [0.25, 0.3) is 0 Å². The number of piperazine rings is 1. The molecule has 1 unspecified atom stereocenters. The van der Waals surface area contributed by atoms with Crippen LogP contribution in [-0.4, -0.2) is 50.5 Å². The molecule has 1 atom stereocenters. The Balaban J connectivity index is 1.40. The van der Waals surface area contributed by atoms with Crippen LogP contribution in [0.3, 0.4) is 0 Å². The second-order valence-electron chi connectivity index (χ2n) is 6.20. The first-order valence-electron chi connectivity index (χ1n) is 8.41. The second-order valence-corrected chi connectivity index (χ2v) is 7.11. The molecule has 1 fully saturated rings. The van der Waals surface area contributed by atoms with E-state index in [1.54, 1.807) is 0 Å². The molecule has 0 saturated carbocycles. The van der Waals surface area contributed by atoms with Crippen LogP contribution in [0.15, 0.2) is 59.1 Å². The first-order valence-corrected chi connectivity index (χ1v) is 9.20. The van der Waals surface area contributed by atoms with E-state index in [1.165, 1.54) is 10.6 Å². The van der Waals surface area contributed by atoms with Gasteiger partial charge in [-0.3, -0.25) is 0 Å². The van der Waals surface area contributed by atoms with Crippen molar-refractivity contribution in [1.29, 1.82) is 0 Å². The van der Waals surface area contributed by atoms with Crippen LogP contribution in [-0.2, 0) is 0 Å². The number of ether oxygens (including phenoxy) is 1. The molecule has 0 radical (unpaired) electrons. The number of rotatable bonds is 6. The van der Waals surface area contributed by atoms with Gasteiger partial charge in [-0.25, -0.2) is 0 Å². The van der Waals surface area contributed by atoms with Gasteiger partial charge in [0.15, 0.2) is 0 Å². The fourth-order valence-corrected chi connectivity index (χ4v) is 3.30. The van der Waals surface area contributed by atoms with Crippen LogP contribution in [0.2, 0.25) is 0 Å². The summed E-state index contributed by atoms with van der Waals surface area (Å²) < 4.78 is 6.68. The highest BCUT2D eigenvalue weighted by molar-refractivity contribution is 9.10. The van der Waals surface area contributed by atoms with Crippen molar-refractivity contribution in [1.82, 2.24) is 0 Å². The molecule has 1 aliphatic heterocycles. The van der Waals surface area contributed by atoms with Crippen LogP contribution >= 0.6 is 15.9 Å². The fourth-order valence-electron chi connectivity index (χ4n) is 3.04. The molecule has 0 aliphatic carbocycles. The zero-order valence-corrected chi connectivity index (χ0v) is 15.3. The van der Waals surface area contributed by atoms with Crippen molar-refractivity contribution in [2.24, 2.45) is 0 Å². The van der Waals surface area contributed by atoms with Gasteiger partial charge in [-0.1, -0.05) is 34.1 Å². The van der Waals surface area contributed by atoms with E-state index in [4.69, 9.17) is 4.74 Å². The molecular weight excluding hydrogens is 368 g/mol. The Morgan fingerprint density at radius 1 is 1.04 bits per heavy atom. The standard InChI is InChI=1S/C19H23BrN2O2/c20-16-6-8-19(9-7-16)24-15-18(23)14-21-10-12-22(13-11-21)17-4-2-1-3-5-17/h1-9,18,23H,10-15H2/p+1. The summed E-state index contributed by atoms with van der Waals surface area (Å²) in [6.45, 7) is 5.22. The first-order chi connectivity index (χ1) is 11.7. The third kappa shape index (κ3) is 4.97. The lowest BCUT2D eigenvalue weighted by molar-refractivity contribution is -0.903. The minimum atomic E-state index is -0.438. The van der Waals surface area contributed by atoms with E-state index in [2.05, 4.69) is 45.1 Å². The van der Waals surface area contributed by atoms with Crippen molar-refractivity contribution in [3.63, 3.8) is 0 Å².